The van der Waals surface area contributed by atoms with E-state index in [0.29, 0.717) is 18.9 Å². The van der Waals surface area contributed by atoms with Gasteiger partial charge in [0.2, 0.25) is 0 Å². The van der Waals surface area contributed by atoms with Crippen LogP contribution in [0.1, 0.15) is 41.4 Å². The van der Waals surface area contributed by atoms with Crippen LogP contribution in [0.3, 0.4) is 0 Å². The smallest absolute Gasteiger partial charge is 0.412 e. The fourth-order valence-corrected chi connectivity index (χ4v) is 3.83. The van der Waals surface area contributed by atoms with Crippen LogP contribution in [0.15, 0.2) is 47.5 Å². The van der Waals surface area contributed by atoms with E-state index in [-0.39, 0.29) is 16.9 Å². The number of carboxylic acid groups (broad SMARTS) is 1. The van der Waals surface area contributed by atoms with Crippen molar-refractivity contribution in [2.45, 2.75) is 31.5 Å². The number of anilines is 2. The van der Waals surface area contributed by atoms with Crippen LogP contribution in [0, 0.1) is 0 Å². The number of nitrogens with one attached hydrogen (secondary N) is 1. The van der Waals surface area contributed by atoms with Crippen molar-refractivity contribution in [2.24, 2.45) is 0 Å². The second-order valence-corrected chi connectivity index (χ2v) is 7.48. The van der Waals surface area contributed by atoms with Gasteiger partial charge in [0.25, 0.3) is 5.56 Å². The molecule has 0 spiro atoms. The van der Waals surface area contributed by atoms with Crippen LogP contribution in [0.2, 0.25) is 0 Å². The Morgan fingerprint density at radius 3 is 2.59 bits per heavy atom. The molecule has 0 amide bonds. The average molecular weight is 447 g/mol. The number of hydrogen-bond acceptors (Lipinski definition) is 6. The van der Waals surface area contributed by atoms with E-state index in [0.717, 1.165) is 23.7 Å². The Morgan fingerprint density at radius 2 is 1.91 bits per heavy atom. The number of aromatic carboxylic acids is 1. The number of rotatable bonds is 5. The van der Waals surface area contributed by atoms with E-state index in [1.807, 2.05) is 4.90 Å². The molecule has 3 aromatic heterocycles. The number of carboxylic acids is 1. The van der Waals surface area contributed by atoms with Crippen molar-refractivity contribution in [1.29, 1.82) is 0 Å². The first-order valence-corrected chi connectivity index (χ1v) is 10.0. The number of aromatic nitrogens is 3. The molecule has 4 heterocycles. The van der Waals surface area contributed by atoms with Crippen LogP contribution in [-0.4, -0.2) is 44.7 Å². The summed E-state index contributed by atoms with van der Waals surface area (Å²) in [5, 5.41) is 11.6. The minimum absolute atomic E-state index is 0.142. The Balaban J connectivity index is 1.85. The third-order valence-corrected chi connectivity index (χ3v) is 5.34. The molecule has 8 nitrogen and oxygen atoms in total. The number of carbonyl (C=O) groups is 1. The van der Waals surface area contributed by atoms with Gasteiger partial charge in [-0.3, -0.25) is 9.20 Å². The molecule has 1 atom stereocenters. The van der Waals surface area contributed by atoms with E-state index < -0.39 is 29.4 Å². The number of halogens is 3. The summed E-state index contributed by atoms with van der Waals surface area (Å²) in [6.45, 7) is 1.34. The van der Waals surface area contributed by atoms with Crippen LogP contribution in [-0.2, 0) is 0 Å². The molecule has 168 valence electrons. The summed E-state index contributed by atoms with van der Waals surface area (Å²) in [5.41, 5.74) is -1.77. The number of fused-ring (bicyclic) bond motifs is 1. The first-order chi connectivity index (χ1) is 15.3. The molecule has 1 aliphatic rings. The summed E-state index contributed by atoms with van der Waals surface area (Å²) < 4.78 is 43.5. The van der Waals surface area contributed by atoms with Gasteiger partial charge in [0.15, 0.2) is 11.7 Å². The minimum Gasteiger partial charge on any atom is -0.476 e. The zero-order valence-electron chi connectivity index (χ0n) is 16.8. The highest BCUT2D eigenvalue weighted by Crippen LogP contribution is 2.37. The van der Waals surface area contributed by atoms with Crippen molar-refractivity contribution < 1.29 is 23.1 Å². The molecule has 32 heavy (non-hydrogen) atoms. The van der Waals surface area contributed by atoms with Gasteiger partial charge in [-0.2, -0.15) is 13.2 Å². The van der Waals surface area contributed by atoms with E-state index in [2.05, 4.69) is 15.3 Å². The molecule has 1 fully saturated rings. The van der Waals surface area contributed by atoms with Crippen molar-refractivity contribution in [3.05, 3.63) is 64.3 Å². The number of pyridine rings is 2. The van der Waals surface area contributed by atoms with E-state index in [1.165, 1.54) is 42.7 Å². The maximum absolute atomic E-state index is 14.2. The molecule has 0 unspecified atom stereocenters. The minimum atomic E-state index is -4.81. The molecule has 1 saturated heterocycles. The van der Waals surface area contributed by atoms with Gasteiger partial charge in [-0.15, -0.1) is 0 Å². The molecule has 4 rings (SSSR count). The Labute approximate surface area is 180 Å². The molecule has 0 aromatic carbocycles. The van der Waals surface area contributed by atoms with Gasteiger partial charge in [-0.05, 0) is 37.5 Å². The molecular weight excluding hydrogens is 427 g/mol. The van der Waals surface area contributed by atoms with Gasteiger partial charge in [-0.25, -0.2) is 14.8 Å². The first kappa shape index (κ1) is 21.6. The standard InChI is InChI=1S/C21H20F3N5O3/c22-21(23,24)18(26-14-7-4-8-25-17(14)20(31)32)13-6-5-11-29-16(30)12-15(27-19(13)29)28-9-2-1-3-10-28/h4-8,11-12,18,26H,1-3,9-10H2,(H,31,32)/t18-/m0/s1. The summed E-state index contributed by atoms with van der Waals surface area (Å²) in [6.07, 6.45) is 0.593. The molecule has 0 radical (unpaired) electrons. The molecule has 0 bridgehead atoms. The summed E-state index contributed by atoms with van der Waals surface area (Å²) in [4.78, 5) is 34.0. The van der Waals surface area contributed by atoms with Crippen LogP contribution in [0.4, 0.5) is 24.7 Å². The lowest BCUT2D eigenvalue weighted by atomic mass is 10.1. The number of hydrogen-bond donors (Lipinski definition) is 2. The van der Waals surface area contributed by atoms with Gasteiger partial charge in [0.05, 0.1) is 5.69 Å². The zero-order valence-corrected chi connectivity index (χ0v) is 16.8. The molecule has 2 N–H and O–H groups in total. The summed E-state index contributed by atoms with van der Waals surface area (Å²) in [7, 11) is 0. The van der Waals surface area contributed by atoms with Gasteiger partial charge in [-0.1, -0.05) is 6.07 Å². The number of alkyl halides is 3. The van der Waals surface area contributed by atoms with Gasteiger partial charge in [0.1, 0.15) is 11.5 Å². The maximum Gasteiger partial charge on any atom is 0.412 e. The summed E-state index contributed by atoms with van der Waals surface area (Å²) in [5.74, 6) is -1.13. The average Bonchev–Trinajstić information content (AvgIpc) is 2.77. The molecule has 11 heteroatoms. The van der Waals surface area contributed by atoms with Crippen molar-refractivity contribution in [3.63, 3.8) is 0 Å². The fourth-order valence-electron chi connectivity index (χ4n) is 3.83. The fraction of sp³-hybridized carbons (Fsp3) is 0.333. The largest absolute Gasteiger partial charge is 0.476 e. The summed E-state index contributed by atoms with van der Waals surface area (Å²) >= 11 is 0. The lowest BCUT2D eigenvalue weighted by Gasteiger charge is -2.28. The zero-order chi connectivity index (χ0) is 22.9. The van der Waals surface area contributed by atoms with Crippen LogP contribution >= 0.6 is 0 Å². The predicted molar refractivity (Wildman–Crippen MR) is 111 cm³/mol. The normalized spacial score (nSPS) is 15.5. The highest BCUT2D eigenvalue weighted by molar-refractivity contribution is 5.92. The molecule has 0 saturated carbocycles. The lowest BCUT2D eigenvalue weighted by molar-refractivity contribution is -0.143. The Kier molecular flexibility index (Phi) is 5.72. The first-order valence-electron chi connectivity index (χ1n) is 10.0. The SMILES string of the molecule is O=C(O)c1ncccc1N[C@@H](c1cccn2c(=O)cc(N3CCCCC3)nc12)C(F)(F)F. The number of piperidine rings is 1. The third-order valence-electron chi connectivity index (χ3n) is 5.34. The maximum atomic E-state index is 14.2. The van der Waals surface area contributed by atoms with Crippen molar-refractivity contribution in [3.8, 4) is 0 Å². The topological polar surface area (TPSA) is 99.8 Å². The second-order valence-electron chi connectivity index (χ2n) is 7.48. The van der Waals surface area contributed by atoms with E-state index >= 15 is 0 Å². The molecule has 0 aliphatic carbocycles. The lowest BCUT2D eigenvalue weighted by Crippen LogP contribution is -2.33. The quantitative estimate of drug-likeness (QED) is 0.618. The molecule has 3 aromatic rings. The van der Waals surface area contributed by atoms with Gasteiger partial charge >= 0.3 is 12.1 Å². The summed E-state index contributed by atoms with van der Waals surface area (Å²) in [6, 6.07) is 4.10. The Bertz CT molecular complexity index is 1210. The molecular formula is C21H20F3N5O3. The van der Waals surface area contributed by atoms with Gasteiger partial charge < -0.3 is 15.3 Å². The second kappa shape index (κ2) is 8.48. The Morgan fingerprint density at radius 1 is 1.16 bits per heavy atom. The third kappa shape index (κ3) is 4.23. The highest BCUT2D eigenvalue weighted by atomic mass is 19.4. The molecule has 1 aliphatic heterocycles. The monoisotopic (exact) mass is 447 g/mol. The van der Waals surface area contributed by atoms with E-state index in [1.54, 1.807) is 0 Å². The Hall–Kier alpha value is -3.63. The van der Waals surface area contributed by atoms with Crippen LogP contribution in [0.5, 0.6) is 0 Å². The highest BCUT2D eigenvalue weighted by Gasteiger charge is 2.43. The van der Waals surface area contributed by atoms with Crippen molar-refractivity contribution in [1.82, 2.24) is 14.4 Å². The van der Waals surface area contributed by atoms with E-state index in [9.17, 15) is 27.9 Å². The van der Waals surface area contributed by atoms with Crippen molar-refractivity contribution >= 4 is 23.1 Å². The van der Waals surface area contributed by atoms with E-state index in [4.69, 9.17) is 0 Å². The number of nitrogens with zero attached hydrogens (tertiary/aromatic N) is 4. The predicted octanol–water partition coefficient (Wildman–Crippen LogP) is 3.49. The van der Waals surface area contributed by atoms with Crippen LogP contribution in [0.25, 0.3) is 5.65 Å². The van der Waals surface area contributed by atoms with Crippen LogP contribution < -0.4 is 15.8 Å². The van der Waals surface area contributed by atoms with Gasteiger partial charge in [0, 0.05) is 37.1 Å². The van der Waals surface area contributed by atoms with Crippen molar-refractivity contribution in [2.75, 3.05) is 23.3 Å².